The molecule has 2 aromatic carbocycles. The van der Waals surface area contributed by atoms with Crippen molar-refractivity contribution in [3.8, 4) is 0 Å². The number of nitrogens with one attached hydrogen (secondary N) is 1. The van der Waals surface area contributed by atoms with Crippen molar-refractivity contribution >= 4 is 43.5 Å². The average molecular weight is 510 g/mol. The van der Waals surface area contributed by atoms with Gasteiger partial charge in [0.15, 0.2) is 0 Å². The summed E-state index contributed by atoms with van der Waals surface area (Å²) in [7, 11) is -2.23. The molecule has 0 radical (unpaired) electrons. The highest BCUT2D eigenvalue weighted by Gasteiger charge is 2.30. The fraction of sp³-hybridized carbons (Fsp3) is 0.364. The molecule has 0 bridgehead atoms. The van der Waals surface area contributed by atoms with Crippen molar-refractivity contribution in [1.82, 2.24) is 10.2 Å². The molecule has 0 spiro atoms. The highest BCUT2D eigenvalue weighted by molar-refractivity contribution is 9.10. The zero-order valence-electron chi connectivity index (χ0n) is 18.3. The third kappa shape index (κ3) is 6.54. The van der Waals surface area contributed by atoms with E-state index in [1.807, 2.05) is 37.3 Å². The van der Waals surface area contributed by atoms with E-state index in [-0.39, 0.29) is 12.5 Å². The number of nitrogens with zero attached hydrogens (tertiary/aromatic N) is 2. The molecule has 168 valence electrons. The lowest BCUT2D eigenvalue weighted by Gasteiger charge is -2.31. The van der Waals surface area contributed by atoms with Crippen molar-refractivity contribution in [3.63, 3.8) is 0 Å². The molecule has 0 aliphatic rings. The molecule has 0 aliphatic carbocycles. The standard InChI is InChI=1S/C22H28BrN3O4S/c1-15-6-11-20(16(2)12-15)26(31(5,29)30)14-21(27)25(17(3)22(28)24-4)13-18-7-9-19(23)10-8-18/h6-12,17H,13-14H2,1-5H3,(H,24,28). The van der Waals surface area contributed by atoms with Crippen molar-refractivity contribution in [3.05, 3.63) is 63.6 Å². The molecule has 1 N–H and O–H groups in total. The maximum Gasteiger partial charge on any atom is 0.244 e. The Morgan fingerprint density at radius 1 is 1.10 bits per heavy atom. The summed E-state index contributed by atoms with van der Waals surface area (Å²) in [5.74, 6) is -0.799. The van der Waals surface area contributed by atoms with Gasteiger partial charge in [0, 0.05) is 18.1 Å². The number of hydrogen-bond acceptors (Lipinski definition) is 4. The number of hydrogen-bond donors (Lipinski definition) is 1. The van der Waals surface area contributed by atoms with Crippen LogP contribution in [-0.2, 0) is 26.2 Å². The van der Waals surface area contributed by atoms with Gasteiger partial charge in [-0.1, -0.05) is 45.8 Å². The summed E-state index contributed by atoms with van der Waals surface area (Å²) in [6, 6.07) is 12.0. The van der Waals surface area contributed by atoms with E-state index < -0.39 is 28.5 Å². The second-order valence-corrected chi connectivity index (χ2v) is 10.3. The number of sulfonamides is 1. The molecule has 2 amide bonds. The van der Waals surface area contributed by atoms with Crippen LogP contribution >= 0.6 is 15.9 Å². The van der Waals surface area contributed by atoms with Crippen LogP contribution in [0.3, 0.4) is 0 Å². The van der Waals surface area contributed by atoms with Crippen LogP contribution in [0.25, 0.3) is 0 Å². The van der Waals surface area contributed by atoms with E-state index >= 15 is 0 Å². The summed E-state index contributed by atoms with van der Waals surface area (Å²) >= 11 is 3.38. The summed E-state index contributed by atoms with van der Waals surface area (Å²) in [4.78, 5) is 27.0. The third-order valence-corrected chi connectivity index (χ3v) is 6.64. The van der Waals surface area contributed by atoms with E-state index in [0.29, 0.717) is 5.69 Å². The zero-order chi connectivity index (χ0) is 23.3. The lowest BCUT2D eigenvalue weighted by atomic mass is 10.1. The molecule has 0 aromatic heterocycles. The van der Waals surface area contributed by atoms with Crippen molar-refractivity contribution in [1.29, 1.82) is 0 Å². The number of aryl methyl sites for hydroxylation is 2. The maximum absolute atomic E-state index is 13.3. The van der Waals surface area contributed by atoms with E-state index in [4.69, 9.17) is 0 Å². The molecular weight excluding hydrogens is 482 g/mol. The summed E-state index contributed by atoms with van der Waals surface area (Å²) in [6.45, 7) is 5.11. The van der Waals surface area contributed by atoms with Gasteiger partial charge in [0.25, 0.3) is 0 Å². The monoisotopic (exact) mass is 509 g/mol. The fourth-order valence-corrected chi connectivity index (χ4v) is 4.43. The van der Waals surface area contributed by atoms with Crippen molar-refractivity contribution in [2.75, 3.05) is 24.2 Å². The lowest BCUT2D eigenvalue weighted by Crippen LogP contribution is -2.50. The highest BCUT2D eigenvalue weighted by Crippen LogP contribution is 2.24. The topological polar surface area (TPSA) is 86.8 Å². The summed E-state index contributed by atoms with van der Waals surface area (Å²) in [6.07, 6.45) is 1.07. The first-order valence-corrected chi connectivity index (χ1v) is 12.4. The summed E-state index contributed by atoms with van der Waals surface area (Å²) in [5.41, 5.74) is 3.01. The first kappa shape index (κ1) is 24.9. The number of halogens is 1. The first-order chi connectivity index (χ1) is 14.4. The minimum Gasteiger partial charge on any atom is -0.357 e. The lowest BCUT2D eigenvalue weighted by molar-refractivity contribution is -0.139. The van der Waals surface area contributed by atoms with Gasteiger partial charge in [0.2, 0.25) is 21.8 Å². The molecule has 2 aromatic rings. The maximum atomic E-state index is 13.3. The van der Waals surface area contributed by atoms with Crippen molar-refractivity contribution < 1.29 is 18.0 Å². The van der Waals surface area contributed by atoms with E-state index in [1.54, 1.807) is 26.0 Å². The van der Waals surface area contributed by atoms with Gasteiger partial charge in [0.1, 0.15) is 12.6 Å². The van der Waals surface area contributed by atoms with E-state index in [1.165, 1.54) is 11.9 Å². The molecule has 0 heterocycles. The SMILES string of the molecule is CNC(=O)C(C)N(Cc1ccc(Br)cc1)C(=O)CN(c1ccc(C)cc1C)S(C)(=O)=O. The van der Waals surface area contributed by atoms with Gasteiger partial charge in [-0.2, -0.15) is 0 Å². The Morgan fingerprint density at radius 2 is 1.71 bits per heavy atom. The molecule has 7 nitrogen and oxygen atoms in total. The molecular formula is C22H28BrN3O4S. The molecule has 1 atom stereocenters. The average Bonchev–Trinajstić information content (AvgIpc) is 2.70. The number of amides is 2. The predicted octanol–water partition coefficient (Wildman–Crippen LogP) is 3.00. The largest absolute Gasteiger partial charge is 0.357 e. The van der Waals surface area contributed by atoms with Gasteiger partial charge in [-0.3, -0.25) is 13.9 Å². The normalized spacial score (nSPS) is 12.2. The van der Waals surface area contributed by atoms with Crippen molar-refractivity contribution in [2.24, 2.45) is 0 Å². The smallest absolute Gasteiger partial charge is 0.244 e. The van der Waals surface area contributed by atoms with E-state index in [0.717, 1.165) is 31.7 Å². The Labute approximate surface area is 192 Å². The van der Waals surface area contributed by atoms with Crippen LogP contribution in [0.15, 0.2) is 46.9 Å². The summed E-state index contributed by atoms with van der Waals surface area (Å²) < 4.78 is 27.1. The second-order valence-electron chi connectivity index (χ2n) is 7.50. The quantitative estimate of drug-likeness (QED) is 0.592. The molecule has 1 unspecified atom stereocenters. The van der Waals surface area contributed by atoms with Crippen LogP contribution < -0.4 is 9.62 Å². The van der Waals surface area contributed by atoms with Gasteiger partial charge in [-0.15, -0.1) is 0 Å². The minimum atomic E-state index is -3.73. The molecule has 9 heteroatoms. The zero-order valence-corrected chi connectivity index (χ0v) is 20.7. The van der Waals surface area contributed by atoms with Crippen molar-refractivity contribution in [2.45, 2.75) is 33.4 Å². The van der Waals surface area contributed by atoms with E-state index in [9.17, 15) is 18.0 Å². The highest BCUT2D eigenvalue weighted by atomic mass is 79.9. The number of likely N-dealkylation sites (N-methyl/N-ethyl adjacent to an activating group) is 1. The predicted molar refractivity (Wildman–Crippen MR) is 126 cm³/mol. The van der Waals surface area contributed by atoms with Gasteiger partial charge < -0.3 is 10.2 Å². The Kier molecular flexibility index (Phi) is 8.25. The van der Waals surface area contributed by atoms with Crippen LogP contribution in [0.4, 0.5) is 5.69 Å². The van der Waals surface area contributed by atoms with Crippen LogP contribution in [0.5, 0.6) is 0 Å². The van der Waals surface area contributed by atoms with Crippen LogP contribution in [0, 0.1) is 13.8 Å². The van der Waals surface area contributed by atoms with Crippen LogP contribution in [-0.4, -0.2) is 51.0 Å². The van der Waals surface area contributed by atoms with Gasteiger partial charge >= 0.3 is 0 Å². The number of rotatable bonds is 8. The Morgan fingerprint density at radius 3 is 2.23 bits per heavy atom. The summed E-state index contributed by atoms with van der Waals surface area (Å²) in [5, 5.41) is 2.55. The molecule has 0 saturated heterocycles. The molecule has 0 fully saturated rings. The Hall–Kier alpha value is -2.39. The van der Waals surface area contributed by atoms with Gasteiger partial charge in [-0.05, 0) is 50.1 Å². The molecule has 0 aliphatic heterocycles. The molecule has 0 saturated carbocycles. The molecule has 2 rings (SSSR count). The van der Waals surface area contributed by atoms with Gasteiger partial charge in [-0.25, -0.2) is 8.42 Å². The number of carbonyl (C=O) groups is 2. The van der Waals surface area contributed by atoms with Crippen LogP contribution in [0.1, 0.15) is 23.6 Å². The number of anilines is 1. The second kappa shape index (κ2) is 10.3. The fourth-order valence-electron chi connectivity index (χ4n) is 3.26. The molecule has 31 heavy (non-hydrogen) atoms. The minimum absolute atomic E-state index is 0.172. The van der Waals surface area contributed by atoms with Gasteiger partial charge in [0.05, 0.1) is 11.9 Å². The first-order valence-electron chi connectivity index (χ1n) is 9.74. The van der Waals surface area contributed by atoms with E-state index in [2.05, 4.69) is 21.2 Å². The third-order valence-electron chi connectivity index (χ3n) is 4.98. The number of benzene rings is 2. The Balaban J connectivity index is 2.40. The number of carbonyl (C=O) groups excluding carboxylic acids is 2. The Bertz CT molecular complexity index is 1050. The van der Waals surface area contributed by atoms with Crippen LogP contribution in [0.2, 0.25) is 0 Å².